The van der Waals surface area contributed by atoms with Gasteiger partial charge >= 0.3 is 0 Å². The second kappa shape index (κ2) is 3.57. The monoisotopic (exact) mass is 247 g/mol. The zero-order valence-electron chi connectivity index (χ0n) is 8.51. The van der Waals surface area contributed by atoms with E-state index in [1.165, 1.54) is 12.1 Å². The number of phenolic OH excluding ortho intramolecular Hbond substituents is 1. The maximum atomic E-state index is 13.0. The maximum Gasteiger partial charge on any atom is 0.250 e. The molecule has 5 heteroatoms. The molecule has 0 aromatic heterocycles. The third-order valence-corrected chi connectivity index (χ3v) is 3.42. The number of benzene rings is 1. The quantitative estimate of drug-likeness (QED) is 0.844. The lowest BCUT2D eigenvalue weighted by molar-refractivity contribution is -0.123. The second-order valence-corrected chi connectivity index (χ2v) is 4.77. The van der Waals surface area contributed by atoms with Crippen LogP contribution >= 0.6 is 11.6 Å². The van der Waals surface area contributed by atoms with E-state index in [0.29, 0.717) is 10.6 Å². The van der Waals surface area contributed by atoms with Crippen LogP contribution < -0.4 is 5.73 Å². The van der Waals surface area contributed by atoms with Gasteiger partial charge in [-0.15, -0.1) is 0 Å². The number of hydrogen-bond acceptors (Lipinski definition) is 2. The van der Waals surface area contributed by atoms with Crippen molar-refractivity contribution in [3.8, 4) is 5.75 Å². The number of hydrogen-bond donors (Lipinski definition) is 2. The summed E-state index contributed by atoms with van der Waals surface area (Å²) in [7, 11) is 0. The van der Waals surface area contributed by atoms with Gasteiger partial charge in [0.2, 0.25) is 5.92 Å². The van der Waals surface area contributed by atoms with E-state index in [1.807, 2.05) is 0 Å². The molecule has 0 saturated heterocycles. The number of rotatable bonds is 2. The fourth-order valence-electron chi connectivity index (χ4n) is 2.32. The molecule has 1 aliphatic carbocycles. The molecule has 0 atom stereocenters. The van der Waals surface area contributed by atoms with E-state index in [4.69, 9.17) is 17.3 Å². The Bertz CT molecular complexity index is 414. The number of alkyl halides is 2. The van der Waals surface area contributed by atoms with Crippen molar-refractivity contribution in [2.45, 2.75) is 24.2 Å². The second-order valence-electron chi connectivity index (χ2n) is 4.36. The maximum absolute atomic E-state index is 13.0. The van der Waals surface area contributed by atoms with Gasteiger partial charge in [0, 0.05) is 29.8 Å². The molecule has 2 nitrogen and oxygen atoms in total. The Labute approximate surface area is 97.0 Å². The Kier molecular flexibility index (Phi) is 2.59. The van der Waals surface area contributed by atoms with Crippen molar-refractivity contribution in [3.63, 3.8) is 0 Å². The van der Waals surface area contributed by atoms with Gasteiger partial charge < -0.3 is 10.8 Å². The molecule has 0 spiro atoms. The van der Waals surface area contributed by atoms with Crippen molar-refractivity contribution in [2.75, 3.05) is 6.54 Å². The van der Waals surface area contributed by atoms with Crippen LogP contribution in [-0.2, 0) is 5.41 Å². The predicted molar refractivity (Wildman–Crippen MR) is 58.0 cm³/mol. The first-order valence-electron chi connectivity index (χ1n) is 4.95. The largest absolute Gasteiger partial charge is 0.508 e. The Morgan fingerprint density at radius 2 is 2.00 bits per heavy atom. The predicted octanol–water partition coefficient (Wildman–Crippen LogP) is 2.67. The van der Waals surface area contributed by atoms with E-state index in [1.54, 1.807) is 6.07 Å². The molecule has 88 valence electrons. The van der Waals surface area contributed by atoms with Gasteiger partial charge in [-0.05, 0) is 17.7 Å². The fourth-order valence-corrected chi connectivity index (χ4v) is 2.69. The van der Waals surface area contributed by atoms with Gasteiger partial charge in [-0.25, -0.2) is 8.78 Å². The summed E-state index contributed by atoms with van der Waals surface area (Å²) >= 11 is 5.94. The molecule has 0 amide bonds. The van der Waals surface area contributed by atoms with E-state index in [9.17, 15) is 13.9 Å². The van der Waals surface area contributed by atoms with E-state index in [2.05, 4.69) is 0 Å². The lowest BCUT2D eigenvalue weighted by atomic mass is 9.62. The van der Waals surface area contributed by atoms with Crippen molar-refractivity contribution >= 4 is 11.6 Å². The lowest BCUT2D eigenvalue weighted by Crippen LogP contribution is -2.53. The standard InChI is InChI=1S/C11H12ClF2NO/c12-9-3-7(16)1-2-8(9)10(6-15)4-11(13,14)5-10/h1-3,16H,4-6,15H2. The van der Waals surface area contributed by atoms with Crippen LogP contribution in [0.15, 0.2) is 18.2 Å². The zero-order valence-corrected chi connectivity index (χ0v) is 9.27. The first kappa shape index (κ1) is 11.6. The molecule has 16 heavy (non-hydrogen) atoms. The molecule has 0 bridgehead atoms. The molecule has 2 rings (SSSR count). The van der Waals surface area contributed by atoms with E-state index < -0.39 is 11.3 Å². The summed E-state index contributed by atoms with van der Waals surface area (Å²) in [5, 5.41) is 9.50. The molecule has 1 saturated carbocycles. The first-order valence-corrected chi connectivity index (χ1v) is 5.33. The van der Waals surface area contributed by atoms with Gasteiger partial charge in [0.25, 0.3) is 0 Å². The highest BCUT2D eigenvalue weighted by molar-refractivity contribution is 6.31. The molecule has 0 unspecified atom stereocenters. The minimum absolute atomic E-state index is 0.0204. The van der Waals surface area contributed by atoms with Gasteiger partial charge in [-0.3, -0.25) is 0 Å². The van der Waals surface area contributed by atoms with Gasteiger partial charge in [0.1, 0.15) is 5.75 Å². The van der Waals surface area contributed by atoms with Crippen molar-refractivity contribution in [1.82, 2.24) is 0 Å². The molecule has 0 radical (unpaired) electrons. The summed E-state index contributed by atoms with van der Waals surface area (Å²) in [5.74, 6) is -2.63. The molecule has 3 N–H and O–H groups in total. The minimum Gasteiger partial charge on any atom is -0.508 e. The summed E-state index contributed by atoms with van der Waals surface area (Å²) in [6.45, 7) is 0.132. The number of phenols is 1. The van der Waals surface area contributed by atoms with Crippen LogP contribution in [0.3, 0.4) is 0 Å². The van der Waals surface area contributed by atoms with Crippen LogP contribution in [0.1, 0.15) is 18.4 Å². The summed E-state index contributed by atoms with van der Waals surface area (Å²) < 4.78 is 25.9. The SMILES string of the molecule is NCC1(c2ccc(O)cc2Cl)CC(F)(F)C1. The van der Waals surface area contributed by atoms with Gasteiger partial charge in [-0.1, -0.05) is 17.7 Å². The highest BCUT2D eigenvalue weighted by Crippen LogP contribution is 2.54. The Morgan fingerprint density at radius 1 is 1.38 bits per heavy atom. The smallest absolute Gasteiger partial charge is 0.250 e. The van der Waals surface area contributed by atoms with Crippen molar-refractivity contribution < 1.29 is 13.9 Å². The average Bonchev–Trinajstić information content (AvgIpc) is 2.13. The molecule has 1 aliphatic rings. The molecule has 1 aromatic rings. The topological polar surface area (TPSA) is 46.2 Å². The van der Waals surface area contributed by atoms with Crippen LogP contribution in [0.5, 0.6) is 5.75 Å². The molecule has 1 aromatic carbocycles. The van der Waals surface area contributed by atoms with Crippen LogP contribution in [0, 0.1) is 0 Å². The zero-order chi connectivity index (χ0) is 12.0. The summed E-state index contributed by atoms with van der Waals surface area (Å²) in [6, 6.07) is 4.36. The number of nitrogens with two attached hydrogens (primary N) is 1. The van der Waals surface area contributed by atoms with E-state index in [0.717, 1.165) is 0 Å². The molecular formula is C11H12ClF2NO. The summed E-state index contributed by atoms with van der Waals surface area (Å²) in [6.07, 6.45) is -0.554. The first-order chi connectivity index (χ1) is 7.38. The van der Waals surface area contributed by atoms with Crippen LogP contribution in [0.25, 0.3) is 0 Å². The third kappa shape index (κ3) is 1.76. The average molecular weight is 248 g/mol. The highest BCUT2D eigenvalue weighted by atomic mass is 35.5. The highest BCUT2D eigenvalue weighted by Gasteiger charge is 2.57. The Morgan fingerprint density at radius 3 is 2.44 bits per heavy atom. The normalized spacial score (nSPS) is 21.5. The van der Waals surface area contributed by atoms with Crippen molar-refractivity contribution in [3.05, 3.63) is 28.8 Å². The van der Waals surface area contributed by atoms with Gasteiger partial charge in [-0.2, -0.15) is 0 Å². The fraction of sp³-hybridized carbons (Fsp3) is 0.455. The lowest BCUT2D eigenvalue weighted by Gasteiger charge is -2.47. The van der Waals surface area contributed by atoms with Crippen LogP contribution in [0.2, 0.25) is 5.02 Å². The van der Waals surface area contributed by atoms with Crippen molar-refractivity contribution in [2.24, 2.45) is 5.73 Å². The molecule has 0 heterocycles. The van der Waals surface area contributed by atoms with Crippen LogP contribution in [0.4, 0.5) is 8.78 Å². The van der Waals surface area contributed by atoms with Gasteiger partial charge in [0.15, 0.2) is 0 Å². The number of halogens is 3. The minimum atomic E-state index is -2.65. The van der Waals surface area contributed by atoms with Crippen molar-refractivity contribution in [1.29, 1.82) is 0 Å². The molecule has 1 fully saturated rings. The summed E-state index contributed by atoms with van der Waals surface area (Å²) in [5.41, 5.74) is 5.43. The molecule has 0 aliphatic heterocycles. The van der Waals surface area contributed by atoms with Gasteiger partial charge in [0.05, 0.1) is 0 Å². The van der Waals surface area contributed by atoms with E-state index >= 15 is 0 Å². The van der Waals surface area contributed by atoms with E-state index in [-0.39, 0.29) is 25.1 Å². The Balaban J connectivity index is 2.36. The number of aromatic hydroxyl groups is 1. The molecular weight excluding hydrogens is 236 g/mol. The summed E-state index contributed by atoms with van der Waals surface area (Å²) in [4.78, 5) is 0. The van der Waals surface area contributed by atoms with Crippen LogP contribution in [-0.4, -0.2) is 17.6 Å². The third-order valence-electron chi connectivity index (χ3n) is 3.11. The Hall–Kier alpha value is -0.870.